The molecule has 1 unspecified atom stereocenters. The standard InChI is InChI=1S/C21H27ClN4O5/c1-21(2,3)25-12-14(10-18(25)27)20(29)24-8-6-13(7-9-24)19(28)23-15-4-5-16(22)17(11-15)26(30)31/h4-5,11,13-14H,6-10,12H2,1-3H3,(H,23,28). The molecule has 0 spiro atoms. The molecule has 0 bridgehead atoms. The van der Waals surface area contributed by atoms with Gasteiger partial charge in [0.2, 0.25) is 17.7 Å². The van der Waals surface area contributed by atoms with Crippen molar-refractivity contribution in [1.82, 2.24) is 9.80 Å². The minimum atomic E-state index is -0.601. The molecular formula is C21H27ClN4O5. The SMILES string of the molecule is CC(C)(C)N1CC(C(=O)N2CCC(C(=O)Nc3ccc(Cl)c([N+](=O)[O-])c3)CC2)CC1=O. The predicted octanol–water partition coefficient (Wildman–Crippen LogP) is 3.07. The number of hydrogen-bond acceptors (Lipinski definition) is 5. The van der Waals surface area contributed by atoms with Crippen LogP contribution in [0.3, 0.4) is 0 Å². The van der Waals surface area contributed by atoms with Gasteiger partial charge >= 0.3 is 0 Å². The zero-order valence-electron chi connectivity index (χ0n) is 17.9. The van der Waals surface area contributed by atoms with Gasteiger partial charge in [0.15, 0.2) is 0 Å². The summed E-state index contributed by atoms with van der Waals surface area (Å²) < 4.78 is 0. The highest BCUT2D eigenvalue weighted by Crippen LogP contribution is 2.30. The molecule has 31 heavy (non-hydrogen) atoms. The van der Waals surface area contributed by atoms with Gasteiger partial charge in [-0.1, -0.05) is 11.6 Å². The van der Waals surface area contributed by atoms with E-state index in [2.05, 4.69) is 5.32 Å². The second kappa shape index (κ2) is 8.82. The number of piperidine rings is 1. The van der Waals surface area contributed by atoms with Crippen LogP contribution in [0.25, 0.3) is 0 Å². The third-order valence-electron chi connectivity index (χ3n) is 5.87. The van der Waals surface area contributed by atoms with Crippen LogP contribution in [0, 0.1) is 22.0 Å². The quantitative estimate of drug-likeness (QED) is 0.559. The molecule has 2 aliphatic heterocycles. The normalized spacial score (nSPS) is 20.1. The van der Waals surface area contributed by atoms with E-state index in [1.54, 1.807) is 9.80 Å². The number of carbonyl (C=O) groups is 3. The van der Waals surface area contributed by atoms with Crippen LogP contribution in [0.2, 0.25) is 5.02 Å². The number of amides is 3. The summed E-state index contributed by atoms with van der Waals surface area (Å²) in [6, 6.07) is 4.13. The Morgan fingerprint density at radius 3 is 2.39 bits per heavy atom. The van der Waals surface area contributed by atoms with E-state index in [0.717, 1.165) is 0 Å². The van der Waals surface area contributed by atoms with E-state index >= 15 is 0 Å². The molecule has 0 saturated carbocycles. The van der Waals surface area contributed by atoms with Crippen LogP contribution in [-0.4, -0.2) is 57.6 Å². The summed E-state index contributed by atoms with van der Waals surface area (Å²) in [6.45, 7) is 7.18. The summed E-state index contributed by atoms with van der Waals surface area (Å²) in [5, 5.41) is 13.7. The molecule has 168 valence electrons. The van der Waals surface area contributed by atoms with E-state index in [0.29, 0.717) is 38.2 Å². The molecule has 0 radical (unpaired) electrons. The number of nitro benzene ring substituents is 1. The Balaban J connectivity index is 1.54. The van der Waals surface area contributed by atoms with Gasteiger partial charge in [-0.2, -0.15) is 0 Å². The van der Waals surface area contributed by atoms with Crippen molar-refractivity contribution in [3.63, 3.8) is 0 Å². The first-order valence-electron chi connectivity index (χ1n) is 10.3. The number of nitrogens with zero attached hydrogens (tertiary/aromatic N) is 3. The monoisotopic (exact) mass is 450 g/mol. The third kappa shape index (κ3) is 5.15. The lowest BCUT2D eigenvalue weighted by Gasteiger charge is -2.34. The number of rotatable bonds is 4. The zero-order chi connectivity index (χ0) is 22.9. The number of benzene rings is 1. The van der Waals surface area contributed by atoms with Crippen molar-refractivity contribution in [2.24, 2.45) is 11.8 Å². The van der Waals surface area contributed by atoms with Crippen LogP contribution in [-0.2, 0) is 14.4 Å². The average molecular weight is 451 g/mol. The number of anilines is 1. The molecule has 1 aromatic rings. The number of nitro groups is 1. The molecule has 1 aromatic carbocycles. The minimum Gasteiger partial charge on any atom is -0.342 e. The molecule has 0 aromatic heterocycles. The number of carbonyl (C=O) groups excluding carboxylic acids is 3. The topological polar surface area (TPSA) is 113 Å². The zero-order valence-corrected chi connectivity index (χ0v) is 18.6. The Hall–Kier alpha value is -2.68. The molecule has 10 heteroatoms. The second-order valence-corrected chi connectivity index (χ2v) is 9.50. The Labute approximate surface area is 185 Å². The third-order valence-corrected chi connectivity index (χ3v) is 6.19. The highest BCUT2D eigenvalue weighted by Gasteiger charge is 2.41. The largest absolute Gasteiger partial charge is 0.342 e. The number of likely N-dealkylation sites (tertiary alicyclic amines) is 2. The van der Waals surface area contributed by atoms with E-state index in [1.165, 1.54) is 18.2 Å². The Bertz CT molecular complexity index is 906. The molecule has 1 atom stereocenters. The smallest absolute Gasteiger partial charge is 0.289 e. The summed E-state index contributed by atoms with van der Waals surface area (Å²) in [5.74, 6) is -0.912. The Morgan fingerprint density at radius 2 is 1.84 bits per heavy atom. The van der Waals surface area contributed by atoms with Crippen LogP contribution >= 0.6 is 11.6 Å². The molecule has 1 N–H and O–H groups in total. The maximum absolute atomic E-state index is 12.9. The van der Waals surface area contributed by atoms with E-state index in [-0.39, 0.29) is 52.2 Å². The number of halogens is 1. The number of hydrogen-bond donors (Lipinski definition) is 1. The minimum absolute atomic E-state index is 0.00262. The van der Waals surface area contributed by atoms with Gasteiger partial charge in [-0.25, -0.2) is 0 Å². The Kier molecular flexibility index (Phi) is 6.54. The van der Waals surface area contributed by atoms with Crippen molar-refractivity contribution in [1.29, 1.82) is 0 Å². The average Bonchev–Trinajstić information content (AvgIpc) is 3.11. The molecule has 9 nitrogen and oxygen atoms in total. The van der Waals surface area contributed by atoms with E-state index in [1.807, 2.05) is 20.8 Å². The van der Waals surface area contributed by atoms with Gasteiger partial charge < -0.3 is 15.1 Å². The Morgan fingerprint density at radius 1 is 1.19 bits per heavy atom. The first-order valence-corrected chi connectivity index (χ1v) is 10.7. The lowest BCUT2D eigenvalue weighted by Crippen LogP contribution is -2.46. The first kappa shape index (κ1) is 23.0. The lowest BCUT2D eigenvalue weighted by molar-refractivity contribution is -0.384. The van der Waals surface area contributed by atoms with Crippen molar-refractivity contribution in [3.8, 4) is 0 Å². The van der Waals surface area contributed by atoms with Gasteiger partial charge in [0, 0.05) is 49.3 Å². The molecule has 2 fully saturated rings. The molecule has 2 aliphatic rings. The van der Waals surface area contributed by atoms with Crippen LogP contribution < -0.4 is 5.32 Å². The van der Waals surface area contributed by atoms with Gasteiger partial charge in [-0.05, 0) is 45.7 Å². The maximum atomic E-state index is 12.9. The van der Waals surface area contributed by atoms with Gasteiger partial charge in [-0.3, -0.25) is 24.5 Å². The molecule has 2 heterocycles. The van der Waals surface area contributed by atoms with Crippen LogP contribution in [0.1, 0.15) is 40.0 Å². The molecule has 3 rings (SSSR count). The van der Waals surface area contributed by atoms with E-state index in [9.17, 15) is 24.5 Å². The van der Waals surface area contributed by atoms with Crippen LogP contribution in [0.5, 0.6) is 0 Å². The number of nitrogens with one attached hydrogen (secondary N) is 1. The summed E-state index contributed by atoms with van der Waals surface area (Å²) in [5.41, 5.74) is -0.268. The van der Waals surface area contributed by atoms with Crippen molar-refractivity contribution in [3.05, 3.63) is 33.3 Å². The molecular weight excluding hydrogens is 424 g/mol. The van der Waals surface area contributed by atoms with Gasteiger partial charge in [-0.15, -0.1) is 0 Å². The van der Waals surface area contributed by atoms with Crippen molar-refractivity contribution in [2.75, 3.05) is 25.0 Å². The molecule has 3 amide bonds. The summed E-state index contributed by atoms with van der Waals surface area (Å²) in [6.07, 6.45) is 1.22. The van der Waals surface area contributed by atoms with Crippen molar-refractivity contribution in [2.45, 2.75) is 45.6 Å². The maximum Gasteiger partial charge on any atom is 0.289 e. The fraction of sp³-hybridized carbons (Fsp3) is 0.571. The van der Waals surface area contributed by atoms with Gasteiger partial charge in [0.1, 0.15) is 5.02 Å². The summed E-state index contributed by atoms with van der Waals surface area (Å²) in [7, 11) is 0. The van der Waals surface area contributed by atoms with E-state index in [4.69, 9.17) is 11.6 Å². The first-order chi connectivity index (χ1) is 14.5. The molecule has 2 saturated heterocycles. The van der Waals surface area contributed by atoms with Crippen molar-refractivity contribution >= 4 is 40.7 Å². The second-order valence-electron chi connectivity index (χ2n) is 9.09. The fourth-order valence-corrected chi connectivity index (χ4v) is 4.30. The highest BCUT2D eigenvalue weighted by molar-refractivity contribution is 6.32. The molecule has 0 aliphatic carbocycles. The highest BCUT2D eigenvalue weighted by atomic mass is 35.5. The summed E-state index contributed by atoms with van der Waals surface area (Å²) >= 11 is 5.80. The van der Waals surface area contributed by atoms with Crippen LogP contribution in [0.15, 0.2) is 18.2 Å². The lowest BCUT2D eigenvalue weighted by atomic mass is 9.94. The van der Waals surface area contributed by atoms with Gasteiger partial charge in [0.05, 0.1) is 10.8 Å². The fourth-order valence-electron chi connectivity index (χ4n) is 4.12. The van der Waals surface area contributed by atoms with Crippen LogP contribution in [0.4, 0.5) is 11.4 Å². The van der Waals surface area contributed by atoms with E-state index < -0.39 is 4.92 Å². The van der Waals surface area contributed by atoms with Crippen molar-refractivity contribution < 1.29 is 19.3 Å². The predicted molar refractivity (Wildman–Crippen MR) is 116 cm³/mol. The summed E-state index contributed by atoms with van der Waals surface area (Å²) in [4.78, 5) is 51.7. The van der Waals surface area contributed by atoms with Gasteiger partial charge in [0.25, 0.3) is 5.69 Å².